The first-order valence-electron chi connectivity index (χ1n) is 7.75. The molecule has 0 heterocycles. The summed E-state index contributed by atoms with van der Waals surface area (Å²) in [7, 11) is 0. The van der Waals surface area contributed by atoms with Gasteiger partial charge in [-0.3, -0.25) is 0 Å². The normalized spacial score (nSPS) is 14.9. The molecule has 0 bridgehead atoms. The predicted octanol–water partition coefficient (Wildman–Crippen LogP) is 4.11. The number of benzene rings is 1. The number of nitrogens with zero attached hydrogens (tertiary/aromatic N) is 1. The fourth-order valence-electron chi connectivity index (χ4n) is 2.51. The van der Waals surface area contributed by atoms with Crippen LogP contribution in [0.15, 0.2) is 24.3 Å². The molecule has 0 aromatic heterocycles. The van der Waals surface area contributed by atoms with E-state index in [0.29, 0.717) is 12.0 Å². The van der Waals surface area contributed by atoms with Gasteiger partial charge in [0, 0.05) is 24.4 Å². The van der Waals surface area contributed by atoms with Gasteiger partial charge in [-0.15, -0.1) is 0 Å². The average Bonchev–Trinajstić information content (AvgIpc) is 3.22. The number of rotatable bonds is 7. The first-order valence-corrected chi connectivity index (χ1v) is 7.75. The van der Waals surface area contributed by atoms with E-state index in [2.05, 4.69) is 36.9 Å². The van der Waals surface area contributed by atoms with E-state index in [0.717, 1.165) is 24.1 Å². The SMILES string of the molecule is Cc1ccc(N(CCC(C)C)C2CC2)c(/C=C/C(=O)O)c1. The van der Waals surface area contributed by atoms with Crippen molar-refractivity contribution in [1.29, 1.82) is 0 Å². The maximum absolute atomic E-state index is 10.8. The molecule has 0 unspecified atom stereocenters. The lowest BCUT2D eigenvalue weighted by Gasteiger charge is -2.27. The van der Waals surface area contributed by atoms with Gasteiger partial charge in [-0.05, 0) is 55.9 Å². The highest BCUT2D eigenvalue weighted by atomic mass is 16.4. The van der Waals surface area contributed by atoms with Crippen molar-refractivity contribution in [1.82, 2.24) is 0 Å². The highest BCUT2D eigenvalue weighted by molar-refractivity contribution is 5.87. The van der Waals surface area contributed by atoms with Crippen LogP contribution in [0.2, 0.25) is 0 Å². The summed E-state index contributed by atoms with van der Waals surface area (Å²) < 4.78 is 0. The Labute approximate surface area is 127 Å². The summed E-state index contributed by atoms with van der Waals surface area (Å²) in [6, 6.07) is 6.94. The molecule has 1 aliphatic carbocycles. The zero-order chi connectivity index (χ0) is 15.4. The zero-order valence-electron chi connectivity index (χ0n) is 13.2. The predicted molar refractivity (Wildman–Crippen MR) is 87.7 cm³/mol. The third-order valence-corrected chi connectivity index (χ3v) is 3.83. The Balaban J connectivity index is 2.28. The van der Waals surface area contributed by atoms with Gasteiger partial charge >= 0.3 is 5.97 Å². The van der Waals surface area contributed by atoms with Crippen LogP contribution >= 0.6 is 0 Å². The van der Waals surface area contributed by atoms with Crippen LogP contribution in [-0.4, -0.2) is 23.7 Å². The van der Waals surface area contributed by atoms with Gasteiger partial charge in [-0.1, -0.05) is 25.5 Å². The molecule has 3 heteroatoms. The minimum absolute atomic E-state index is 0.628. The second-order valence-electron chi connectivity index (χ2n) is 6.34. The summed E-state index contributed by atoms with van der Waals surface area (Å²) in [4.78, 5) is 13.3. The van der Waals surface area contributed by atoms with E-state index in [4.69, 9.17) is 5.11 Å². The fraction of sp³-hybridized carbons (Fsp3) is 0.500. The van der Waals surface area contributed by atoms with Crippen LogP contribution < -0.4 is 4.90 Å². The van der Waals surface area contributed by atoms with Gasteiger partial charge in [0.05, 0.1) is 0 Å². The Morgan fingerprint density at radius 2 is 2.14 bits per heavy atom. The van der Waals surface area contributed by atoms with Gasteiger partial charge in [-0.2, -0.15) is 0 Å². The summed E-state index contributed by atoms with van der Waals surface area (Å²) in [5, 5.41) is 8.87. The molecule has 3 nitrogen and oxygen atoms in total. The number of aryl methyl sites for hydroxylation is 1. The van der Waals surface area contributed by atoms with Crippen molar-refractivity contribution in [2.24, 2.45) is 5.92 Å². The smallest absolute Gasteiger partial charge is 0.328 e. The van der Waals surface area contributed by atoms with E-state index in [9.17, 15) is 4.79 Å². The van der Waals surface area contributed by atoms with Crippen LogP contribution in [0.4, 0.5) is 5.69 Å². The third-order valence-electron chi connectivity index (χ3n) is 3.83. The lowest BCUT2D eigenvalue weighted by atomic mass is 10.1. The molecule has 1 aromatic rings. The molecular formula is C18H25NO2. The topological polar surface area (TPSA) is 40.5 Å². The molecule has 0 radical (unpaired) electrons. The summed E-state index contributed by atoms with van der Waals surface area (Å²) in [6.45, 7) is 7.56. The molecule has 21 heavy (non-hydrogen) atoms. The van der Waals surface area contributed by atoms with Gasteiger partial charge in [0.25, 0.3) is 0 Å². The van der Waals surface area contributed by atoms with Crippen molar-refractivity contribution < 1.29 is 9.90 Å². The molecule has 0 aliphatic heterocycles. The number of carbonyl (C=O) groups is 1. The Bertz CT molecular complexity index is 530. The van der Waals surface area contributed by atoms with Crippen molar-refractivity contribution >= 4 is 17.7 Å². The highest BCUT2D eigenvalue weighted by Gasteiger charge is 2.30. The van der Waals surface area contributed by atoms with Crippen LogP contribution in [0, 0.1) is 12.8 Å². The van der Waals surface area contributed by atoms with Crippen LogP contribution in [-0.2, 0) is 4.79 Å². The zero-order valence-corrected chi connectivity index (χ0v) is 13.2. The van der Waals surface area contributed by atoms with Gasteiger partial charge < -0.3 is 10.0 Å². The van der Waals surface area contributed by atoms with Gasteiger partial charge in [0.2, 0.25) is 0 Å². The number of aliphatic carboxylic acids is 1. The maximum atomic E-state index is 10.8. The molecule has 1 fully saturated rings. The molecule has 0 atom stereocenters. The summed E-state index contributed by atoms with van der Waals surface area (Å²) in [6.07, 6.45) is 6.59. The molecule has 114 valence electrons. The van der Waals surface area contributed by atoms with E-state index >= 15 is 0 Å². The standard InChI is InChI=1S/C18H25NO2/c1-13(2)10-11-19(16-6-7-16)17-8-4-14(3)12-15(17)5-9-18(20)21/h4-5,8-9,12-13,16H,6-7,10-11H2,1-3H3,(H,20,21)/b9-5+. The monoisotopic (exact) mass is 287 g/mol. The van der Waals surface area contributed by atoms with E-state index < -0.39 is 5.97 Å². The summed E-state index contributed by atoms with van der Waals surface area (Å²) in [5.41, 5.74) is 3.33. The second-order valence-corrected chi connectivity index (χ2v) is 6.34. The fourth-order valence-corrected chi connectivity index (χ4v) is 2.51. The molecule has 1 aromatic carbocycles. The minimum Gasteiger partial charge on any atom is -0.478 e. The molecule has 2 rings (SSSR count). The largest absolute Gasteiger partial charge is 0.478 e. The van der Waals surface area contributed by atoms with E-state index in [-0.39, 0.29) is 0 Å². The van der Waals surface area contributed by atoms with Crippen LogP contribution in [0.5, 0.6) is 0 Å². The molecule has 0 spiro atoms. The number of hydrogen-bond acceptors (Lipinski definition) is 2. The van der Waals surface area contributed by atoms with E-state index in [1.165, 1.54) is 24.6 Å². The van der Waals surface area contributed by atoms with Gasteiger partial charge in [0.1, 0.15) is 0 Å². The molecule has 0 amide bonds. The Kier molecular flexibility index (Phi) is 5.05. The van der Waals surface area contributed by atoms with Crippen molar-refractivity contribution in [2.45, 2.75) is 46.1 Å². The van der Waals surface area contributed by atoms with Crippen molar-refractivity contribution in [3.8, 4) is 0 Å². The third kappa shape index (κ3) is 4.62. The summed E-state index contributed by atoms with van der Waals surface area (Å²) in [5.74, 6) is -0.225. The lowest BCUT2D eigenvalue weighted by Crippen LogP contribution is -2.28. The number of anilines is 1. The first-order chi connectivity index (χ1) is 9.97. The molecule has 1 aliphatic rings. The molecular weight excluding hydrogens is 262 g/mol. The molecule has 0 saturated heterocycles. The molecule has 1 saturated carbocycles. The Morgan fingerprint density at radius 3 is 2.71 bits per heavy atom. The average molecular weight is 287 g/mol. The van der Waals surface area contributed by atoms with Gasteiger partial charge in [0.15, 0.2) is 0 Å². The quantitative estimate of drug-likeness (QED) is 0.767. The van der Waals surface area contributed by atoms with E-state index in [1.54, 1.807) is 6.08 Å². The number of carboxylic acids is 1. The van der Waals surface area contributed by atoms with Crippen LogP contribution in [0.1, 0.15) is 44.2 Å². The summed E-state index contributed by atoms with van der Waals surface area (Å²) >= 11 is 0. The van der Waals surface area contributed by atoms with Crippen LogP contribution in [0.3, 0.4) is 0 Å². The highest BCUT2D eigenvalue weighted by Crippen LogP contribution is 2.35. The van der Waals surface area contributed by atoms with Crippen LogP contribution in [0.25, 0.3) is 6.08 Å². The first kappa shape index (κ1) is 15.6. The van der Waals surface area contributed by atoms with E-state index in [1.807, 2.05) is 6.92 Å². The maximum Gasteiger partial charge on any atom is 0.328 e. The van der Waals surface area contributed by atoms with Gasteiger partial charge in [-0.25, -0.2) is 4.79 Å². The lowest BCUT2D eigenvalue weighted by molar-refractivity contribution is -0.131. The van der Waals surface area contributed by atoms with Crippen molar-refractivity contribution in [3.63, 3.8) is 0 Å². The Hall–Kier alpha value is -1.77. The van der Waals surface area contributed by atoms with Crippen molar-refractivity contribution in [2.75, 3.05) is 11.4 Å². The number of carboxylic acid groups (broad SMARTS) is 1. The minimum atomic E-state index is -0.900. The second kappa shape index (κ2) is 6.79. The molecule has 1 N–H and O–H groups in total. The Morgan fingerprint density at radius 1 is 1.43 bits per heavy atom. The number of hydrogen-bond donors (Lipinski definition) is 1. The van der Waals surface area contributed by atoms with Crippen molar-refractivity contribution in [3.05, 3.63) is 35.4 Å².